The van der Waals surface area contributed by atoms with Crippen LogP contribution in [0, 0.1) is 5.92 Å². The first-order chi connectivity index (χ1) is 19.1. The lowest BCUT2D eigenvalue weighted by molar-refractivity contribution is -0.275. The molecule has 1 aliphatic heterocycles. The van der Waals surface area contributed by atoms with Gasteiger partial charge in [-0.05, 0) is 74.2 Å². The number of nitrogens with zero attached hydrogens (tertiary/aromatic N) is 2. The number of halogens is 6. The molecule has 1 aromatic heterocycles. The SMILES string of the molecule is CCN(CC1CCCN(CC(C)(C)c2cccc(OC(F)(F)F)c2)C1)C(=O)c1cc2cc(OC(F)(F)F)ccc2[nH]1. The summed E-state index contributed by atoms with van der Waals surface area (Å²) in [6.07, 6.45) is -7.74. The van der Waals surface area contributed by atoms with Crippen molar-refractivity contribution in [2.75, 3.05) is 32.7 Å². The molecule has 4 rings (SSSR count). The maximum absolute atomic E-state index is 13.3. The molecule has 1 N–H and O–H groups in total. The third kappa shape index (κ3) is 8.31. The highest BCUT2D eigenvalue weighted by atomic mass is 19.4. The number of fused-ring (bicyclic) bond motifs is 1. The molecule has 0 bridgehead atoms. The molecule has 1 saturated heterocycles. The molecule has 1 fully saturated rings. The van der Waals surface area contributed by atoms with E-state index >= 15 is 0 Å². The Bertz CT molecular complexity index is 1350. The average molecular weight is 586 g/mol. The summed E-state index contributed by atoms with van der Waals surface area (Å²) in [5.74, 6) is -0.682. The maximum Gasteiger partial charge on any atom is 0.573 e. The number of aromatic nitrogens is 1. The van der Waals surface area contributed by atoms with E-state index in [-0.39, 0.29) is 29.0 Å². The summed E-state index contributed by atoms with van der Waals surface area (Å²) < 4.78 is 84.0. The van der Waals surface area contributed by atoms with Crippen molar-refractivity contribution < 1.29 is 40.6 Å². The van der Waals surface area contributed by atoms with Gasteiger partial charge in [0.15, 0.2) is 0 Å². The van der Waals surface area contributed by atoms with E-state index in [1.165, 1.54) is 36.4 Å². The Hall–Kier alpha value is -3.41. The molecular weight excluding hydrogens is 552 g/mol. The fourth-order valence-electron chi connectivity index (χ4n) is 5.47. The van der Waals surface area contributed by atoms with E-state index < -0.39 is 18.1 Å². The number of piperidine rings is 1. The third-order valence-electron chi connectivity index (χ3n) is 7.27. The number of ether oxygens (including phenoxy) is 2. The summed E-state index contributed by atoms with van der Waals surface area (Å²) in [6.45, 7) is 8.95. The first-order valence-electron chi connectivity index (χ1n) is 13.4. The number of benzene rings is 2. The third-order valence-corrected chi connectivity index (χ3v) is 7.27. The Morgan fingerprint density at radius 2 is 1.68 bits per heavy atom. The van der Waals surface area contributed by atoms with Crippen molar-refractivity contribution in [3.63, 3.8) is 0 Å². The molecule has 6 nitrogen and oxygen atoms in total. The minimum absolute atomic E-state index is 0.180. The lowest BCUT2D eigenvalue weighted by atomic mass is 9.83. The van der Waals surface area contributed by atoms with Gasteiger partial charge in [0.05, 0.1) is 0 Å². The number of carbonyl (C=O) groups is 1. The van der Waals surface area contributed by atoms with Gasteiger partial charge in [0.25, 0.3) is 5.91 Å². The number of carbonyl (C=O) groups excluding carboxylic acids is 1. The standard InChI is InChI=1S/C29H33F6N3O3/c1-4-38(26(39)25-14-20-13-23(41-29(33,34)35)10-11-24(20)36-25)17-19-7-6-12-37(16-19)18-27(2,3)21-8-5-9-22(15-21)40-28(30,31)32/h5,8-11,13-15,19,36H,4,6-7,12,16-18H2,1-3H3. The highest BCUT2D eigenvalue weighted by molar-refractivity contribution is 5.98. The predicted octanol–water partition coefficient (Wildman–Crippen LogP) is 7.12. The molecule has 12 heteroatoms. The van der Waals surface area contributed by atoms with Crippen molar-refractivity contribution in [1.29, 1.82) is 0 Å². The summed E-state index contributed by atoms with van der Waals surface area (Å²) in [6, 6.07) is 11.4. The zero-order chi connectivity index (χ0) is 30.0. The summed E-state index contributed by atoms with van der Waals surface area (Å²) in [4.78, 5) is 20.3. The topological polar surface area (TPSA) is 57.8 Å². The molecule has 224 valence electrons. The minimum atomic E-state index is -4.81. The van der Waals surface area contributed by atoms with Crippen LogP contribution in [0.15, 0.2) is 48.5 Å². The van der Waals surface area contributed by atoms with Crippen LogP contribution in [0.2, 0.25) is 0 Å². The number of H-pyrrole nitrogens is 1. The van der Waals surface area contributed by atoms with Crippen LogP contribution in [-0.2, 0) is 5.41 Å². The molecule has 2 heterocycles. The highest BCUT2D eigenvalue weighted by Gasteiger charge is 2.33. The van der Waals surface area contributed by atoms with Gasteiger partial charge in [-0.1, -0.05) is 26.0 Å². The second-order valence-electron chi connectivity index (χ2n) is 11.0. The number of hydrogen-bond acceptors (Lipinski definition) is 4. The Morgan fingerprint density at radius 3 is 2.34 bits per heavy atom. The molecule has 1 unspecified atom stereocenters. The van der Waals surface area contributed by atoms with Crippen LogP contribution in [0.3, 0.4) is 0 Å². The lowest BCUT2D eigenvalue weighted by Gasteiger charge is -2.39. The van der Waals surface area contributed by atoms with Crippen LogP contribution < -0.4 is 9.47 Å². The van der Waals surface area contributed by atoms with Crippen molar-refractivity contribution >= 4 is 16.8 Å². The molecule has 0 radical (unpaired) electrons. The zero-order valence-electron chi connectivity index (χ0n) is 23.0. The van der Waals surface area contributed by atoms with Crippen molar-refractivity contribution in [3.8, 4) is 11.5 Å². The normalized spacial score (nSPS) is 17.0. The molecule has 41 heavy (non-hydrogen) atoms. The van der Waals surface area contributed by atoms with Gasteiger partial charge in [-0.3, -0.25) is 4.79 Å². The van der Waals surface area contributed by atoms with E-state index in [0.29, 0.717) is 30.5 Å². The highest BCUT2D eigenvalue weighted by Crippen LogP contribution is 2.32. The molecule has 3 aromatic rings. The number of likely N-dealkylation sites (tertiary alicyclic amines) is 1. The van der Waals surface area contributed by atoms with Crippen molar-refractivity contribution in [2.24, 2.45) is 5.92 Å². The minimum Gasteiger partial charge on any atom is -0.406 e. The number of nitrogens with one attached hydrogen (secondary N) is 1. The number of hydrogen-bond donors (Lipinski definition) is 1. The van der Waals surface area contributed by atoms with Gasteiger partial charge in [-0.2, -0.15) is 0 Å². The Kier molecular flexibility index (Phi) is 8.81. The van der Waals surface area contributed by atoms with E-state index in [1.807, 2.05) is 20.8 Å². The Labute approximate surface area is 234 Å². The molecule has 0 saturated carbocycles. The van der Waals surface area contributed by atoms with Gasteiger partial charge in [0.1, 0.15) is 17.2 Å². The number of amides is 1. The molecule has 2 aromatic carbocycles. The van der Waals surface area contributed by atoms with Gasteiger partial charge in [-0.25, -0.2) is 0 Å². The van der Waals surface area contributed by atoms with Crippen LogP contribution in [0.1, 0.15) is 49.7 Å². The average Bonchev–Trinajstić information content (AvgIpc) is 3.28. The van der Waals surface area contributed by atoms with Gasteiger partial charge in [-0.15, -0.1) is 26.3 Å². The van der Waals surface area contributed by atoms with Crippen LogP contribution in [0.25, 0.3) is 10.9 Å². The predicted molar refractivity (Wildman–Crippen MR) is 142 cm³/mol. The summed E-state index contributed by atoms with van der Waals surface area (Å²) in [7, 11) is 0. The van der Waals surface area contributed by atoms with E-state index in [2.05, 4.69) is 19.4 Å². The Morgan fingerprint density at radius 1 is 1.00 bits per heavy atom. The van der Waals surface area contributed by atoms with E-state index in [0.717, 1.165) is 31.5 Å². The molecule has 1 amide bonds. The molecule has 1 aliphatic rings. The Balaban J connectivity index is 1.40. The molecular formula is C29H33F6N3O3. The quantitative estimate of drug-likeness (QED) is 0.272. The second-order valence-corrected chi connectivity index (χ2v) is 11.0. The molecule has 1 atom stereocenters. The largest absolute Gasteiger partial charge is 0.573 e. The van der Waals surface area contributed by atoms with Crippen molar-refractivity contribution in [1.82, 2.24) is 14.8 Å². The van der Waals surface area contributed by atoms with Gasteiger partial charge < -0.3 is 24.3 Å². The zero-order valence-corrected chi connectivity index (χ0v) is 23.0. The lowest BCUT2D eigenvalue weighted by Crippen LogP contribution is -2.46. The first-order valence-corrected chi connectivity index (χ1v) is 13.4. The summed E-state index contributed by atoms with van der Waals surface area (Å²) in [5.41, 5.74) is 1.08. The van der Waals surface area contributed by atoms with Gasteiger partial charge in [0, 0.05) is 42.5 Å². The van der Waals surface area contributed by atoms with Crippen LogP contribution in [-0.4, -0.2) is 66.1 Å². The number of aromatic amines is 1. The van der Waals surface area contributed by atoms with Crippen molar-refractivity contribution in [3.05, 3.63) is 59.8 Å². The number of alkyl halides is 6. The van der Waals surface area contributed by atoms with Crippen molar-refractivity contribution in [2.45, 2.75) is 51.8 Å². The molecule has 0 spiro atoms. The van der Waals surface area contributed by atoms with Gasteiger partial charge in [0.2, 0.25) is 0 Å². The summed E-state index contributed by atoms with van der Waals surface area (Å²) in [5, 5.41) is 0.432. The van der Waals surface area contributed by atoms with Crippen LogP contribution in [0.4, 0.5) is 26.3 Å². The maximum atomic E-state index is 13.3. The first kappa shape index (κ1) is 30.5. The fraction of sp³-hybridized carbons (Fsp3) is 0.483. The molecule has 0 aliphatic carbocycles. The second kappa shape index (κ2) is 11.8. The summed E-state index contributed by atoms with van der Waals surface area (Å²) >= 11 is 0. The van der Waals surface area contributed by atoms with E-state index in [4.69, 9.17) is 0 Å². The van der Waals surface area contributed by atoms with E-state index in [9.17, 15) is 31.1 Å². The van der Waals surface area contributed by atoms with Gasteiger partial charge >= 0.3 is 12.7 Å². The van der Waals surface area contributed by atoms with E-state index in [1.54, 1.807) is 17.0 Å². The monoisotopic (exact) mass is 585 g/mol. The van der Waals surface area contributed by atoms with Crippen LogP contribution >= 0.6 is 0 Å². The van der Waals surface area contributed by atoms with Crippen LogP contribution in [0.5, 0.6) is 11.5 Å². The fourth-order valence-corrected chi connectivity index (χ4v) is 5.47. The number of rotatable bonds is 9. The smallest absolute Gasteiger partial charge is 0.406 e.